The topological polar surface area (TPSA) is 144 Å². The fraction of sp³-hybridized carbons (Fsp3) is 0. The van der Waals surface area contributed by atoms with Crippen LogP contribution in [0.5, 0.6) is 0 Å². The maximum Gasteiger partial charge on any atom is 0.164 e. The minimum atomic E-state index is 0.620. The first-order valence-electron chi connectivity index (χ1n) is 37.1. The fourth-order valence-electron chi connectivity index (χ4n) is 14.7. The van der Waals surface area contributed by atoms with E-state index < -0.39 is 0 Å². The van der Waals surface area contributed by atoms with Crippen LogP contribution < -0.4 is 0 Å². The molecule has 0 aliphatic heterocycles. The third-order valence-electron chi connectivity index (χ3n) is 20.0. The van der Waals surface area contributed by atoms with Gasteiger partial charge in [0.1, 0.15) is 16.9 Å². The Labute approximate surface area is 680 Å². The van der Waals surface area contributed by atoms with E-state index in [0.29, 0.717) is 29.1 Å². The van der Waals surface area contributed by atoms with Crippen LogP contribution in [0.3, 0.4) is 0 Å². The molecular formula is C98H62Br3N13. The number of pyridine rings is 3. The van der Waals surface area contributed by atoms with Gasteiger partial charge in [-0.2, -0.15) is 0 Å². The van der Waals surface area contributed by atoms with E-state index in [2.05, 4.69) is 243 Å². The summed E-state index contributed by atoms with van der Waals surface area (Å²) in [5.41, 5.74) is 21.5. The summed E-state index contributed by atoms with van der Waals surface area (Å²) in [5, 5.41) is 6.84. The summed E-state index contributed by atoms with van der Waals surface area (Å²) in [7, 11) is 0. The Morgan fingerprint density at radius 1 is 0.184 bits per heavy atom. The standard InChI is InChI=1S/2C33H21BrN4.C32H20BrN5/c34-25-16-17-27-28-15-8-18-35-33(28)38(31(27)20-25)26-14-7-13-24(19-26)30-21-29(22-9-3-1-4-10-22)36-32(37-30)23-11-5-2-6-12-23;34-25-16-17-27-28-15-8-18-35-33(28)38(31(27)20-25)26-14-7-13-24(19-26)32-36-29(22-9-3-1-4-10-22)21-30(37-32)23-11-5-2-6-12-23;33-24-16-17-26-27-15-8-18-34-32(27)38(28(26)20-24)25-14-7-13-23(19-25)31-36-29(21-9-3-1-4-10-21)35-30(37-31)22-11-5-2-6-12-22/h2*1-21H;1-20H. The molecule has 0 fully saturated rings. The first-order valence-corrected chi connectivity index (χ1v) is 39.4. The van der Waals surface area contributed by atoms with Crippen molar-refractivity contribution in [3.05, 3.63) is 390 Å². The summed E-state index contributed by atoms with van der Waals surface area (Å²) >= 11 is 11.0. The molecule has 16 heteroatoms. The van der Waals surface area contributed by atoms with Gasteiger partial charge < -0.3 is 0 Å². The van der Waals surface area contributed by atoms with Crippen molar-refractivity contribution < 1.29 is 0 Å². The molecule has 21 rings (SSSR count). The normalized spacial score (nSPS) is 11.3. The molecule has 0 saturated heterocycles. The van der Waals surface area contributed by atoms with Crippen molar-refractivity contribution in [3.8, 4) is 119 Å². The zero-order valence-corrected chi connectivity index (χ0v) is 65.5. The molecule has 21 aromatic rings. The van der Waals surface area contributed by atoms with Crippen molar-refractivity contribution in [1.82, 2.24) is 63.5 Å². The maximum absolute atomic E-state index is 5.02. The highest BCUT2D eigenvalue weighted by molar-refractivity contribution is 9.11. The molecule has 540 valence electrons. The van der Waals surface area contributed by atoms with Gasteiger partial charge in [-0.3, -0.25) is 13.7 Å². The number of fused-ring (bicyclic) bond motifs is 9. The molecule has 0 amide bonds. The Morgan fingerprint density at radius 3 is 0.763 bits per heavy atom. The lowest BCUT2D eigenvalue weighted by Crippen LogP contribution is -2.01. The van der Waals surface area contributed by atoms with Gasteiger partial charge in [-0.05, 0) is 121 Å². The summed E-state index contributed by atoms with van der Waals surface area (Å²) in [5.74, 6) is 3.29. The van der Waals surface area contributed by atoms with Gasteiger partial charge in [-0.25, -0.2) is 49.8 Å². The van der Waals surface area contributed by atoms with E-state index >= 15 is 0 Å². The van der Waals surface area contributed by atoms with Crippen LogP contribution in [0.25, 0.3) is 185 Å². The van der Waals surface area contributed by atoms with Gasteiger partial charge >= 0.3 is 0 Å². The summed E-state index contributed by atoms with van der Waals surface area (Å²) in [6, 6.07) is 122. The Balaban J connectivity index is 0.000000115. The van der Waals surface area contributed by atoms with E-state index in [1.807, 2.05) is 195 Å². The quantitative estimate of drug-likeness (QED) is 0.116. The van der Waals surface area contributed by atoms with E-state index in [-0.39, 0.29) is 0 Å². The lowest BCUT2D eigenvalue weighted by molar-refractivity contribution is 1.07. The highest BCUT2D eigenvalue weighted by atomic mass is 79.9. The number of halogens is 3. The molecule has 0 unspecified atom stereocenters. The Kier molecular flexibility index (Phi) is 19.2. The average molecular weight is 1660 g/mol. The molecule has 114 heavy (non-hydrogen) atoms. The number of benzene rings is 12. The summed E-state index contributed by atoms with van der Waals surface area (Å²) < 4.78 is 9.69. The van der Waals surface area contributed by atoms with Gasteiger partial charge in [0.15, 0.2) is 29.1 Å². The lowest BCUT2D eigenvalue weighted by atomic mass is 10.1. The Bertz CT molecular complexity index is 6290. The smallest absolute Gasteiger partial charge is 0.164 e. The highest BCUT2D eigenvalue weighted by Gasteiger charge is 2.21. The van der Waals surface area contributed by atoms with Gasteiger partial charge in [0.2, 0.25) is 0 Å². The van der Waals surface area contributed by atoms with Gasteiger partial charge in [0, 0.05) is 131 Å². The minimum Gasteiger partial charge on any atom is -0.294 e. The van der Waals surface area contributed by atoms with Crippen LogP contribution in [0.15, 0.2) is 390 Å². The molecule has 0 spiro atoms. The molecule has 0 bridgehead atoms. The number of aromatic nitrogens is 13. The molecule has 0 aliphatic carbocycles. The van der Waals surface area contributed by atoms with E-state index in [1.165, 1.54) is 5.39 Å². The maximum atomic E-state index is 5.02. The van der Waals surface area contributed by atoms with Crippen molar-refractivity contribution in [1.29, 1.82) is 0 Å². The zero-order valence-electron chi connectivity index (χ0n) is 60.7. The van der Waals surface area contributed by atoms with Gasteiger partial charge in [0.25, 0.3) is 0 Å². The van der Waals surface area contributed by atoms with Crippen LogP contribution in [0.2, 0.25) is 0 Å². The monoisotopic (exact) mass is 1660 g/mol. The van der Waals surface area contributed by atoms with Crippen molar-refractivity contribution in [2.24, 2.45) is 0 Å². The number of hydrogen-bond donors (Lipinski definition) is 0. The first kappa shape index (κ1) is 70.5. The van der Waals surface area contributed by atoms with E-state index in [0.717, 1.165) is 164 Å². The van der Waals surface area contributed by atoms with Crippen molar-refractivity contribution >= 4 is 114 Å². The largest absolute Gasteiger partial charge is 0.294 e. The van der Waals surface area contributed by atoms with Crippen LogP contribution in [0.1, 0.15) is 0 Å². The Morgan fingerprint density at radius 2 is 0.439 bits per heavy atom. The van der Waals surface area contributed by atoms with E-state index in [9.17, 15) is 0 Å². The predicted molar refractivity (Wildman–Crippen MR) is 472 cm³/mol. The molecule has 0 atom stereocenters. The fourth-order valence-corrected chi connectivity index (χ4v) is 15.8. The van der Waals surface area contributed by atoms with Crippen molar-refractivity contribution in [3.63, 3.8) is 0 Å². The second kappa shape index (κ2) is 31.1. The molecule has 13 nitrogen and oxygen atoms in total. The number of nitrogens with zero attached hydrogens (tertiary/aromatic N) is 13. The van der Waals surface area contributed by atoms with Crippen molar-refractivity contribution in [2.45, 2.75) is 0 Å². The zero-order chi connectivity index (χ0) is 76.4. The molecular weight excluding hydrogens is 1600 g/mol. The Hall–Kier alpha value is -13.9. The van der Waals surface area contributed by atoms with Crippen LogP contribution in [0, 0.1) is 0 Å². The van der Waals surface area contributed by atoms with Gasteiger partial charge in [-0.1, -0.05) is 284 Å². The van der Waals surface area contributed by atoms with Crippen LogP contribution >= 0.6 is 47.8 Å². The van der Waals surface area contributed by atoms with E-state index in [4.69, 9.17) is 49.8 Å². The molecule has 12 aromatic carbocycles. The van der Waals surface area contributed by atoms with Gasteiger partial charge in [0.05, 0.1) is 39.3 Å². The molecule has 9 aromatic heterocycles. The predicted octanol–water partition coefficient (Wildman–Crippen LogP) is 25.6. The third kappa shape index (κ3) is 14.1. The SMILES string of the molecule is Brc1ccc2c3cccnc3n(-c3cccc(-c4cc(-c5ccccc5)nc(-c5ccccc5)n4)c3)c2c1.Brc1ccc2c3cccnc3n(-c3cccc(-c4nc(-c5ccccc5)cc(-c5ccccc5)n4)c3)c2c1.Brc1ccc2c3cccnc3n(-c3cccc(-c4nc(-c5ccccc5)nc(-c5ccccc5)n4)c3)c2c1. The third-order valence-corrected chi connectivity index (χ3v) is 21.5. The summed E-state index contributed by atoms with van der Waals surface area (Å²) in [4.78, 5) is 48.9. The molecule has 9 heterocycles. The summed E-state index contributed by atoms with van der Waals surface area (Å²) in [6.45, 7) is 0. The molecule has 0 radical (unpaired) electrons. The van der Waals surface area contributed by atoms with Crippen molar-refractivity contribution in [2.75, 3.05) is 0 Å². The number of rotatable bonds is 12. The molecule has 0 saturated carbocycles. The molecule has 0 aliphatic rings. The first-order chi connectivity index (χ1) is 56.2. The summed E-state index contributed by atoms with van der Waals surface area (Å²) in [6.07, 6.45) is 5.52. The highest BCUT2D eigenvalue weighted by Crippen LogP contribution is 2.40. The minimum absolute atomic E-state index is 0.620. The van der Waals surface area contributed by atoms with E-state index in [1.54, 1.807) is 0 Å². The van der Waals surface area contributed by atoms with Crippen LogP contribution in [0.4, 0.5) is 0 Å². The van der Waals surface area contributed by atoms with Gasteiger partial charge in [-0.15, -0.1) is 0 Å². The second-order valence-corrected chi connectivity index (χ2v) is 29.9. The number of hydrogen-bond acceptors (Lipinski definition) is 10. The molecule has 0 N–H and O–H groups in total. The lowest BCUT2D eigenvalue weighted by Gasteiger charge is -2.12. The average Bonchev–Trinajstić information content (AvgIpc) is 1.53. The van der Waals surface area contributed by atoms with Crippen LogP contribution in [-0.2, 0) is 0 Å². The second-order valence-electron chi connectivity index (χ2n) is 27.2. The van der Waals surface area contributed by atoms with Crippen LogP contribution in [-0.4, -0.2) is 63.5 Å².